The van der Waals surface area contributed by atoms with Gasteiger partial charge in [-0.25, -0.2) is 4.18 Å². The molecule has 5 atom stereocenters. The van der Waals surface area contributed by atoms with Gasteiger partial charge >= 0.3 is 15.6 Å². The number of rotatable bonds is 3. The van der Waals surface area contributed by atoms with Crippen molar-refractivity contribution in [2.45, 2.75) is 36.2 Å². The van der Waals surface area contributed by atoms with E-state index in [1.165, 1.54) is 0 Å². The van der Waals surface area contributed by atoms with Gasteiger partial charge in [-0.3, -0.25) is 0 Å². The second-order valence-corrected chi connectivity index (χ2v) is 5.26. The van der Waals surface area contributed by atoms with Crippen molar-refractivity contribution in [3.8, 4) is 0 Å². The molecule has 0 aromatic carbocycles. The van der Waals surface area contributed by atoms with E-state index in [0.717, 1.165) is 0 Å². The number of aliphatic hydroxyl groups excluding tert-OH is 4. The van der Waals surface area contributed by atoms with Gasteiger partial charge in [0.2, 0.25) is 6.29 Å². The first-order chi connectivity index (χ1) is 8.51. The van der Waals surface area contributed by atoms with Crippen molar-refractivity contribution >= 4 is 10.1 Å². The van der Waals surface area contributed by atoms with E-state index < -0.39 is 52.9 Å². The molecule has 0 unspecified atom stereocenters. The van der Waals surface area contributed by atoms with Gasteiger partial charge in [-0.05, 0) is 0 Å². The van der Waals surface area contributed by atoms with E-state index in [1.807, 2.05) is 0 Å². The quantitative estimate of drug-likeness (QED) is 0.336. The Hall–Kier alpha value is -0.500. The molecule has 0 aromatic rings. The van der Waals surface area contributed by atoms with E-state index in [9.17, 15) is 36.9 Å². The Kier molecular flexibility index (Phi) is 4.77. The lowest BCUT2D eigenvalue weighted by atomic mass is 10.00. The molecule has 4 N–H and O–H groups in total. The van der Waals surface area contributed by atoms with Crippen LogP contribution < -0.4 is 0 Å². The van der Waals surface area contributed by atoms with Crippen LogP contribution in [0.5, 0.6) is 0 Å². The third-order valence-electron chi connectivity index (χ3n) is 2.35. The summed E-state index contributed by atoms with van der Waals surface area (Å²) >= 11 is 0. The molecule has 0 bridgehead atoms. The van der Waals surface area contributed by atoms with Crippen molar-refractivity contribution < 1.29 is 50.9 Å². The molecule has 1 rings (SSSR count). The van der Waals surface area contributed by atoms with Gasteiger partial charge in [-0.1, -0.05) is 0 Å². The highest BCUT2D eigenvalue weighted by molar-refractivity contribution is 7.87. The van der Waals surface area contributed by atoms with Crippen molar-refractivity contribution in [1.82, 2.24) is 0 Å². The maximum atomic E-state index is 12.1. The standard InChI is InChI=1S/C7H11F3O8S/c8-7(9,10)19(15,16)18-6-5(14)4(13)3(12)2(1-11)17-6/h2-6,11-14H,1H2/t2-,3-,4+,5+,6+/m1/s1. The molecule has 12 heteroatoms. The van der Waals surface area contributed by atoms with Crippen LogP contribution in [0.4, 0.5) is 13.2 Å². The topological polar surface area (TPSA) is 134 Å². The molecule has 114 valence electrons. The summed E-state index contributed by atoms with van der Waals surface area (Å²) in [7, 11) is -6.06. The number of ether oxygens (including phenoxy) is 1. The van der Waals surface area contributed by atoms with Gasteiger partial charge in [0, 0.05) is 0 Å². The summed E-state index contributed by atoms with van der Waals surface area (Å²) in [6.45, 7) is -0.934. The summed E-state index contributed by atoms with van der Waals surface area (Å²) in [6.07, 6.45) is -10.1. The Balaban J connectivity index is 2.89. The van der Waals surface area contributed by atoms with Crippen LogP contribution in [0, 0.1) is 0 Å². The molecule has 19 heavy (non-hydrogen) atoms. The fraction of sp³-hybridized carbons (Fsp3) is 1.00. The van der Waals surface area contributed by atoms with Gasteiger partial charge in [-0.15, -0.1) is 0 Å². The van der Waals surface area contributed by atoms with Gasteiger partial charge in [0.05, 0.1) is 6.61 Å². The van der Waals surface area contributed by atoms with Crippen LogP contribution in [0.1, 0.15) is 0 Å². The normalized spacial score (nSPS) is 37.3. The molecular weight excluding hydrogens is 301 g/mol. The number of halogens is 3. The highest BCUT2D eigenvalue weighted by Gasteiger charge is 2.53. The van der Waals surface area contributed by atoms with Crippen LogP contribution in [0.25, 0.3) is 0 Å². The average molecular weight is 312 g/mol. The van der Waals surface area contributed by atoms with Crippen LogP contribution in [-0.4, -0.2) is 71.7 Å². The van der Waals surface area contributed by atoms with Gasteiger partial charge < -0.3 is 25.2 Å². The van der Waals surface area contributed by atoms with Crippen molar-refractivity contribution in [3.05, 3.63) is 0 Å². The second kappa shape index (κ2) is 5.47. The van der Waals surface area contributed by atoms with Crippen LogP contribution in [0.2, 0.25) is 0 Å². The second-order valence-electron chi connectivity index (χ2n) is 3.69. The first kappa shape index (κ1) is 16.6. The lowest BCUT2D eigenvalue weighted by Gasteiger charge is -2.39. The molecule has 1 saturated heterocycles. The van der Waals surface area contributed by atoms with E-state index >= 15 is 0 Å². The predicted molar refractivity (Wildman–Crippen MR) is 49.8 cm³/mol. The van der Waals surface area contributed by atoms with Gasteiger partial charge in [-0.2, -0.15) is 21.6 Å². The fourth-order valence-electron chi connectivity index (χ4n) is 1.33. The van der Waals surface area contributed by atoms with E-state index in [1.54, 1.807) is 0 Å². The van der Waals surface area contributed by atoms with Crippen molar-refractivity contribution in [1.29, 1.82) is 0 Å². The van der Waals surface area contributed by atoms with E-state index in [0.29, 0.717) is 0 Å². The van der Waals surface area contributed by atoms with Crippen molar-refractivity contribution in [2.24, 2.45) is 0 Å². The lowest BCUT2D eigenvalue weighted by Crippen LogP contribution is -2.59. The Morgan fingerprint density at radius 2 is 1.63 bits per heavy atom. The minimum Gasteiger partial charge on any atom is -0.394 e. The zero-order chi connectivity index (χ0) is 15.0. The molecule has 0 saturated carbocycles. The molecule has 0 aromatic heterocycles. The molecule has 0 amide bonds. The molecule has 0 radical (unpaired) electrons. The Labute approximate surface area is 105 Å². The van der Waals surface area contributed by atoms with Crippen molar-refractivity contribution in [2.75, 3.05) is 6.61 Å². The average Bonchev–Trinajstić information content (AvgIpc) is 2.28. The van der Waals surface area contributed by atoms with E-state index in [-0.39, 0.29) is 0 Å². The molecule has 1 heterocycles. The number of alkyl halides is 3. The van der Waals surface area contributed by atoms with E-state index in [2.05, 4.69) is 8.92 Å². The highest BCUT2D eigenvalue weighted by Crippen LogP contribution is 2.29. The largest absolute Gasteiger partial charge is 0.523 e. The summed E-state index contributed by atoms with van der Waals surface area (Å²) < 4.78 is 65.6. The SMILES string of the molecule is O=S(=O)(O[C@@H]1O[C@H](CO)[C@@H](O)[C@H](O)[C@@H]1O)C(F)(F)F. The number of hydrogen-bond acceptors (Lipinski definition) is 8. The smallest absolute Gasteiger partial charge is 0.394 e. The maximum Gasteiger partial charge on any atom is 0.523 e. The first-order valence-corrected chi connectivity index (χ1v) is 6.22. The summed E-state index contributed by atoms with van der Waals surface area (Å²) in [5.74, 6) is 0. The Bertz CT molecular complexity index is 407. The summed E-state index contributed by atoms with van der Waals surface area (Å²) in [5.41, 5.74) is -5.74. The molecule has 1 aliphatic rings. The first-order valence-electron chi connectivity index (χ1n) is 4.81. The third-order valence-corrected chi connectivity index (χ3v) is 3.36. The molecule has 1 aliphatic heterocycles. The van der Waals surface area contributed by atoms with Gasteiger partial charge in [0.15, 0.2) is 0 Å². The maximum absolute atomic E-state index is 12.1. The third kappa shape index (κ3) is 3.34. The van der Waals surface area contributed by atoms with Crippen LogP contribution in [0.15, 0.2) is 0 Å². The van der Waals surface area contributed by atoms with E-state index in [4.69, 9.17) is 5.11 Å². The highest BCUT2D eigenvalue weighted by atomic mass is 32.2. The lowest BCUT2D eigenvalue weighted by molar-refractivity contribution is -0.278. The summed E-state index contributed by atoms with van der Waals surface area (Å²) in [6, 6.07) is 0. The van der Waals surface area contributed by atoms with Crippen LogP contribution >= 0.6 is 0 Å². The minimum atomic E-state index is -6.06. The minimum absolute atomic E-state index is 0.934. The zero-order valence-corrected chi connectivity index (χ0v) is 9.87. The van der Waals surface area contributed by atoms with Crippen LogP contribution in [0.3, 0.4) is 0 Å². The molecule has 0 aliphatic carbocycles. The molecular formula is C7H11F3O8S. The fourth-order valence-corrected chi connectivity index (χ4v) is 1.84. The Morgan fingerprint density at radius 1 is 1.11 bits per heavy atom. The number of hydrogen-bond donors (Lipinski definition) is 4. The molecule has 1 fully saturated rings. The van der Waals surface area contributed by atoms with Crippen LogP contribution in [-0.2, 0) is 19.0 Å². The predicted octanol–water partition coefficient (Wildman–Crippen LogP) is -2.35. The molecule has 0 spiro atoms. The molecule has 8 nitrogen and oxygen atoms in total. The van der Waals surface area contributed by atoms with Gasteiger partial charge in [0.1, 0.15) is 24.4 Å². The zero-order valence-electron chi connectivity index (χ0n) is 9.06. The van der Waals surface area contributed by atoms with Crippen molar-refractivity contribution in [3.63, 3.8) is 0 Å². The monoisotopic (exact) mass is 312 g/mol. The summed E-state index contributed by atoms with van der Waals surface area (Å²) in [5, 5.41) is 36.5. The number of aliphatic hydroxyl groups is 4. The van der Waals surface area contributed by atoms with Gasteiger partial charge in [0.25, 0.3) is 0 Å². The summed E-state index contributed by atoms with van der Waals surface area (Å²) in [4.78, 5) is 0. The Morgan fingerprint density at radius 3 is 2.05 bits per heavy atom.